The van der Waals surface area contributed by atoms with Gasteiger partial charge in [0.05, 0.1) is 13.0 Å². The van der Waals surface area contributed by atoms with Gasteiger partial charge in [-0.15, -0.1) is 0 Å². The maximum atomic E-state index is 12.4. The number of likely N-dealkylation sites (tertiary alicyclic amines) is 1. The van der Waals surface area contributed by atoms with Crippen LogP contribution in [0.15, 0.2) is 24.4 Å². The molecule has 2 heterocycles. The van der Waals surface area contributed by atoms with Crippen LogP contribution in [-0.4, -0.2) is 48.6 Å². The van der Waals surface area contributed by atoms with Crippen molar-refractivity contribution in [3.63, 3.8) is 0 Å². The number of aromatic nitrogens is 1. The Balaban J connectivity index is 1.52. The first-order valence-corrected chi connectivity index (χ1v) is 8.75. The third-order valence-electron chi connectivity index (χ3n) is 4.84. The van der Waals surface area contributed by atoms with E-state index >= 15 is 0 Å². The van der Waals surface area contributed by atoms with Crippen molar-refractivity contribution < 1.29 is 14.3 Å². The van der Waals surface area contributed by atoms with Crippen LogP contribution in [0.5, 0.6) is 0 Å². The first-order chi connectivity index (χ1) is 12.1. The lowest BCUT2D eigenvalue weighted by atomic mass is 9.97. The molecule has 1 aliphatic heterocycles. The number of H-pyrrole nitrogens is 1. The summed E-state index contributed by atoms with van der Waals surface area (Å²) in [5.41, 5.74) is 3.55. The molecule has 1 atom stereocenters. The Morgan fingerprint density at radius 2 is 2.24 bits per heavy atom. The summed E-state index contributed by atoms with van der Waals surface area (Å²) in [4.78, 5) is 28.9. The monoisotopic (exact) mass is 343 g/mol. The zero-order valence-corrected chi connectivity index (χ0v) is 14.8. The third-order valence-corrected chi connectivity index (χ3v) is 4.84. The quantitative estimate of drug-likeness (QED) is 0.896. The maximum Gasteiger partial charge on any atom is 0.409 e. The van der Waals surface area contributed by atoms with E-state index in [2.05, 4.69) is 35.4 Å². The van der Waals surface area contributed by atoms with Gasteiger partial charge in [-0.1, -0.05) is 12.1 Å². The zero-order valence-electron chi connectivity index (χ0n) is 14.8. The predicted molar refractivity (Wildman–Crippen MR) is 96.5 cm³/mol. The molecule has 134 valence electrons. The number of hydrogen-bond acceptors (Lipinski definition) is 3. The van der Waals surface area contributed by atoms with Gasteiger partial charge >= 0.3 is 6.09 Å². The van der Waals surface area contributed by atoms with Crippen molar-refractivity contribution in [2.24, 2.45) is 5.92 Å². The highest BCUT2D eigenvalue weighted by atomic mass is 16.5. The van der Waals surface area contributed by atoms with E-state index in [-0.39, 0.29) is 17.9 Å². The van der Waals surface area contributed by atoms with E-state index in [1.165, 1.54) is 23.6 Å². The molecular weight excluding hydrogens is 318 g/mol. The number of fused-ring (bicyclic) bond motifs is 1. The van der Waals surface area contributed by atoms with Crippen LogP contribution in [0.1, 0.15) is 24.0 Å². The second kappa shape index (κ2) is 7.59. The number of carbonyl (C=O) groups excluding carboxylic acids is 2. The average Bonchev–Trinajstić information content (AvgIpc) is 3.03. The Bertz CT molecular complexity index is 768. The number of ether oxygens (including phenoxy) is 1. The summed E-state index contributed by atoms with van der Waals surface area (Å²) >= 11 is 0. The molecule has 1 saturated heterocycles. The summed E-state index contributed by atoms with van der Waals surface area (Å²) in [5.74, 6) is -0.136. The number of methoxy groups -OCH3 is 1. The molecule has 1 aromatic heterocycles. The Morgan fingerprint density at radius 3 is 3.04 bits per heavy atom. The summed E-state index contributed by atoms with van der Waals surface area (Å²) in [6, 6.07) is 6.34. The Labute approximate surface area is 147 Å². The number of nitrogens with zero attached hydrogens (tertiary/aromatic N) is 1. The van der Waals surface area contributed by atoms with Crippen molar-refractivity contribution in [3.05, 3.63) is 35.5 Å². The molecule has 6 heteroatoms. The van der Waals surface area contributed by atoms with Gasteiger partial charge in [0.15, 0.2) is 0 Å². The third kappa shape index (κ3) is 3.95. The van der Waals surface area contributed by atoms with Crippen molar-refractivity contribution in [2.45, 2.75) is 26.2 Å². The van der Waals surface area contributed by atoms with Gasteiger partial charge in [0, 0.05) is 36.7 Å². The number of nitrogens with one attached hydrogen (secondary N) is 2. The fraction of sp³-hybridized carbons (Fsp3) is 0.474. The number of aryl methyl sites for hydroxylation is 1. The Hall–Kier alpha value is -2.50. The van der Waals surface area contributed by atoms with Crippen LogP contribution >= 0.6 is 0 Å². The molecule has 2 N–H and O–H groups in total. The number of piperidine rings is 1. The number of benzene rings is 1. The number of carbonyl (C=O) groups is 2. The van der Waals surface area contributed by atoms with Gasteiger partial charge in [-0.3, -0.25) is 4.79 Å². The highest BCUT2D eigenvalue weighted by molar-refractivity contribution is 5.84. The van der Waals surface area contributed by atoms with Crippen molar-refractivity contribution in [1.29, 1.82) is 0 Å². The fourth-order valence-corrected chi connectivity index (χ4v) is 3.46. The topological polar surface area (TPSA) is 74.4 Å². The van der Waals surface area contributed by atoms with Crippen molar-refractivity contribution in [1.82, 2.24) is 15.2 Å². The van der Waals surface area contributed by atoms with E-state index in [0.717, 1.165) is 24.8 Å². The largest absolute Gasteiger partial charge is 0.453 e. The van der Waals surface area contributed by atoms with Gasteiger partial charge in [-0.25, -0.2) is 4.79 Å². The smallest absolute Gasteiger partial charge is 0.409 e. The Kier molecular flexibility index (Phi) is 5.26. The summed E-state index contributed by atoms with van der Waals surface area (Å²) in [5, 5.41) is 4.22. The molecule has 25 heavy (non-hydrogen) atoms. The number of amides is 2. The molecule has 0 bridgehead atoms. The van der Waals surface area contributed by atoms with Gasteiger partial charge in [-0.2, -0.15) is 0 Å². The predicted octanol–water partition coefficient (Wildman–Crippen LogP) is 2.61. The minimum absolute atomic E-state index is 0.0179. The average molecular weight is 343 g/mol. The standard InChI is InChI=1S/C19H25N3O3/c1-13-5-6-16-14(11-21-17(16)10-13)7-8-20-18(23)15-4-3-9-22(12-15)19(24)25-2/h5-6,10-11,15,21H,3-4,7-9,12H2,1-2H3,(H,20,23)/t15-/m1/s1. The van der Waals surface area contributed by atoms with Crippen LogP contribution in [0.3, 0.4) is 0 Å². The van der Waals surface area contributed by atoms with Gasteiger partial charge in [0.1, 0.15) is 0 Å². The molecule has 6 nitrogen and oxygen atoms in total. The molecule has 0 spiro atoms. The second-order valence-electron chi connectivity index (χ2n) is 6.66. The van der Waals surface area contributed by atoms with E-state index in [0.29, 0.717) is 19.6 Å². The van der Waals surface area contributed by atoms with E-state index in [9.17, 15) is 9.59 Å². The summed E-state index contributed by atoms with van der Waals surface area (Å²) in [6.07, 6.45) is 4.07. The lowest BCUT2D eigenvalue weighted by Gasteiger charge is -2.30. The number of rotatable bonds is 4. The maximum absolute atomic E-state index is 12.4. The molecule has 2 amide bonds. The van der Waals surface area contributed by atoms with E-state index in [1.807, 2.05) is 6.20 Å². The molecule has 1 aromatic carbocycles. The molecule has 1 aliphatic rings. The fourth-order valence-electron chi connectivity index (χ4n) is 3.46. The molecular formula is C19H25N3O3. The van der Waals surface area contributed by atoms with Gasteiger partial charge in [-0.05, 0) is 43.4 Å². The zero-order chi connectivity index (χ0) is 17.8. The number of aromatic amines is 1. The first-order valence-electron chi connectivity index (χ1n) is 8.75. The number of hydrogen-bond donors (Lipinski definition) is 2. The highest BCUT2D eigenvalue weighted by Gasteiger charge is 2.28. The molecule has 0 unspecified atom stereocenters. The highest BCUT2D eigenvalue weighted by Crippen LogP contribution is 2.20. The van der Waals surface area contributed by atoms with Crippen molar-refractivity contribution in [3.8, 4) is 0 Å². The van der Waals surface area contributed by atoms with Crippen LogP contribution in [-0.2, 0) is 16.0 Å². The molecule has 2 aromatic rings. The van der Waals surface area contributed by atoms with Crippen LogP contribution in [0, 0.1) is 12.8 Å². The van der Waals surface area contributed by atoms with Crippen LogP contribution < -0.4 is 5.32 Å². The lowest BCUT2D eigenvalue weighted by Crippen LogP contribution is -2.45. The first kappa shape index (κ1) is 17.3. The van der Waals surface area contributed by atoms with E-state index in [4.69, 9.17) is 4.74 Å². The van der Waals surface area contributed by atoms with Crippen LogP contribution in [0.4, 0.5) is 4.79 Å². The van der Waals surface area contributed by atoms with Crippen LogP contribution in [0.2, 0.25) is 0 Å². The Morgan fingerprint density at radius 1 is 1.40 bits per heavy atom. The van der Waals surface area contributed by atoms with Crippen molar-refractivity contribution in [2.75, 3.05) is 26.7 Å². The molecule has 1 fully saturated rings. The van der Waals surface area contributed by atoms with Crippen molar-refractivity contribution >= 4 is 22.9 Å². The molecule has 3 rings (SSSR count). The second-order valence-corrected chi connectivity index (χ2v) is 6.66. The minimum Gasteiger partial charge on any atom is -0.453 e. The summed E-state index contributed by atoms with van der Waals surface area (Å²) in [6.45, 7) is 3.76. The summed E-state index contributed by atoms with van der Waals surface area (Å²) in [7, 11) is 1.37. The normalized spacial score (nSPS) is 17.5. The molecule has 0 saturated carbocycles. The van der Waals surface area contributed by atoms with Gasteiger partial charge in [0.2, 0.25) is 5.91 Å². The SMILES string of the molecule is COC(=O)N1CCC[C@@H](C(=O)NCCc2c[nH]c3cc(C)ccc23)C1. The van der Waals surface area contributed by atoms with E-state index in [1.54, 1.807) is 4.90 Å². The van der Waals surface area contributed by atoms with Crippen LogP contribution in [0.25, 0.3) is 10.9 Å². The van der Waals surface area contributed by atoms with Gasteiger partial charge in [0.25, 0.3) is 0 Å². The van der Waals surface area contributed by atoms with Gasteiger partial charge < -0.3 is 19.9 Å². The van der Waals surface area contributed by atoms with E-state index < -0.39 is 0 Å². The molecule has 0 radical (unpaired) electrons. The summed E-state index contributed by atoms with van der Waals surface area (Å²) < 4.78 is 4.75. The molecule has 0 aliphatic carbocycles. The minimum atomic E-state index is -0.355. The lowest BCUT2D eigenvalue weighted by molar-refractivity contribution is -0.126.